The van der Waals surface area contributed by atoms with Crippen LogP contribution in [0.3, 0.4) is 0 Å². The van der Waals surface area contributed by atoms with Gasteiger partial charge in [-0.1, -0.05) is 36.4 Å². The number of nitrogens with one attached hydrogen (secondary N) is 1. The van der Waals surface area contributed by atoms with Gasteiger partial charge in [0.25, 0.3) is 0 Å². The number of aryl methyl sites for hydroxylation is 1. The molecule has 0 fully saturated rings. The Labute approximate surface area is 82.4 Å². The van der Waals surface area contributed by atoms with Crippen molar-refractivity contribution in [3.05, 3.63) is 48.2 Å². The molecule has 0 atom stereocenters. The van der Waals surface area contributed by atoms with Crippen molar-refractivity contribution in [3.8, 4) is 0 Å². The standard InChI is InChI=1S/C13H11N/c1-9-8-14-13-11(9)7-6-10-4-2-3-5-12(10)13/h2-8,14H,1H3. The van der Waals surface area contributed by atoms with E-state index in [4.69, 9.17) is 0 Å². The number of aromatic nitrogens is 1. The third kappa shape index (κ3) is 0.896. The number of hydrogen-bond acceptors (Lipinski definition) is 0. The Balaban J connectivity index is 2.61. The van der Waals surface area contributed by atoms with Crippen molar-refractivity contribution in [1.82, 2.24) is 4.98 Å². The molecule has 1 heteroatoms. The average molecular weight is 181 g/mol. The molecule has 2 aromatic carbocycles. The first kappa shape index (κ1) is 7.63. The lowest BCUT2D eigenvalue weighted by Gasteiger charge is -1.98. The summed E-state index contributed by atoms with van der Waals surface area (Å²) in [6.07, 6.45) is 2.07. The molecule has 1 N–H and O–H groups in total. The number of fused-ring (bicyclic) bond motifs is 3. The summed E-state index contributed by atoms with van der Waals surface area (Å²) in [4.78, 5) is 3.33. The van der Waals surface area contributed by atoms with E-state index in [2.05, 4.69) is 54.5 Å². The molecule has 1 heterocycles. The van der Waals surface area contributed by atoms with Crippen LogP contribution in [0.25, 0.3) is 21.7 Å². The first-order valence-electron chi connectivity index (χ1n) is 4.82. The normalized spacial score (nSPS) is 11.2. The Kier molecular flexibility index (Phi) is 1.42. The zero-order chi connectivity index (χ0) is 9.54. The molecule has 0 unspecified atom stereocenters. The molecule has 0 saturated heterocycles. The zero-order valence-corrected chi connectivity index (χ0v) is 8.04. The van der Waals surface area contributed by atoms with E-state index in [9.17, 15) is 0 Å². The molecule has 0 aliphatic heterocycles. The van der Waals surface area contributed by atoms with Gasteiger partial charge in [-0.3, -0.25) is 0 Å². The molecule has 3 aromatic rings. The predicted molar refractivity (Wildman–Crippen MR) is 60.5 cm³/mol. The Bertz CT molecular complexity index is 605. The molecule has 0 spiro atoms. The summed E-state index contributed by atoms with van der Waals surface area (Å²) in [5, 5.41) is 3.92. The SMILES string of the molecule is Cc1c[nH]c2c1ccc1ccccc12. The summed E-state index contributed by atoms with van der Waals surface area (Å²) in [6.45, 7) is 2.13. The molecule has 0 aliphatic carbocycles. The van der Waals surface area contributed by atoms with Gasteiger partial charge in [-0.2, -0.15) is 0 Å². The van der Waals surface area contributed by atoms with Crippen molar-refractivity contribution in [2.45, 2.75) is 6.92 Å². The van der Waals surface area contributed by atoms with Crippen molar-refractivity contribution in [2.75, 3.05) is 0 Å². The summed E-state index contributed by atoms with van der Waals surface area (Å²) >= 11 is 0. The smallest absolute Gasteiger partial charge is 0.0536 e. The van der Waals surface area contributed by atoms with Gasteiger partial charge in [0.15, 0.2) is 0 Å². The van der Waals surface area contributed by atoms with Crippen molar-refractivity contribution in [1.29, 1.82) is 0 Å². The van der Waals surface area contributed by atoms with Crippen LogP contribution in [-0.4, -0.2) is 4.98 Å². The molecule has 0 saturated carbocycles. The highest BCUT2D eigenvalue weighted by molar-refractivity contribution is 6.06. The molecule has 14 heavy (non-hydrogen) atoms. The van der Waals surface area contributed by atoms with Gasteiger partial charge in [-0.05, 0) is 17.9 Å². The van der Waals surface area contributed by atoms with Crippen molar-refractivity contribution >= 4 is 21.7 Å². The van der Waals surface area contributed by atoms with E-state index in [0.29, 0.717) is 0 Å². The summed E-state index contributed by atoms with van der Waals surface area (Å²) < 4.78 is 0. The van der Waals surface area contributed by atoms with Gasteiger partial charge in [0, 0.05) is 17.0 Å². The van der Waals surface area contributed by atoms with Crippen molar-refractivity contribution in [2.24, 2.45) is 0 Å². The monoisotopic (exact) mass is 181 g/mol. The van der Waals surface area contributed by atoms with E-state index in [1.807, 2.05) is 0 Å². The fraction of sp³-hybridized carbons (Fsp3) is 0.0769. The second-order valence-corrected chi connectivity index (χ2v) is 3.68. The van der Waals surface area contributed by atoms with E-state index < -0.39 is 0 Å². The minimum Gasteiger partial charge on any atom is -0.360 e. The van der Waals surface area contributed by atoms with E-state index in [1.165, 1.54) is 27.2 Å². The van der Waals surface area contributed by atoms with Crippen LogP contribution >= 0.6 is 0 Å². The van der Waals surface area contributed by atoms with Crippen molar-refractivity contribution < 1.29 is 0 Å². The maximum Gasteiger partial charge on any atom is 0.0536 e. The molecular formula is C13H11N. The topological polar surface area (TPSA) is 15.8 Å². The lowest BCUT2D eigenvalue weighted by Crippen LogP contribution is -1.74. The quantitative estimate of drug-likeness (QED) is 0.545. The first-order chi connectivity index (χ1) is 6.86. The predicted octanol–water partition coefficient (Wildman–Crippen LogP) is 3.63. The third-order valence-electron chi connectivity index (χ3n) is 2.79. The van der Waals surface area contributed by atoms with Gasteiger partial charge in [0.1, 0.15) is 0 Å². The summed E-state index contributed by atoms with van der Waals surface area (Å²) in [6, 6.07) is 12.8. The highest BCUT2D eigenvalue weighted by Crippen LogP contribution is 2.26. The molecule has 1 nitrogen and oxygen atoms in total. The Morgan fingerprint density at radius 3 is 2.71 bits per heavy atom. The van der Waals surface area contributed by atoms with Gasteiger partial charge in [-0.25, -0.2) is 0 Å². The zero-order valence-electron chi connectivity index (χ0n) is 8.04. The minimum absolute atomic E-state index is 1.25. The van der Waals surface area contributed by atoms with Crippen LogP contribution in [0.5, 0.6) is 0 Å². The fourth-order valence-corrected chi connectivity index (χ4v) is 2.01. The van der Waals surface area contributed by atoms with E-state index in [0.717, 1.165) is 0 Å². The van der Waals surface area contributed by atoms with Gasteiger partial charge >= 0.3 is 0 Å². The summed E-state index contributed by atoms with van der Waals surface area (Å²) in [5.74, 6) is 0. The average Bonchev–Trinajstić information content (AvgIpc) is 2.61. The van der Waals surface area contributed by atoms with Crippen LogP contribution in [-0.2, 0) is 0 Å². The molecule has 0 bridgehead atoms. The van der Waals surface area contributed by atoms with E-state index in [1.54, 1.807) is 0 Å². The lowest BCUT2D eigenvalue weighted by atomic mass is 10.1. The molecular weight excluding hydrogens is 170 g/mol. The van der Waals surface area contributed by atoms with Gasteiger partial charge in [-0.15, -0.1) is 0 Å². The molecule has 0 radical (unpaired) electrons. The summed E-state index contributed by atoms with van der Waals surface area (Å²) in [5.41, 5.74) is 2.56. The maximum absolute atomic E-state index is 3.33. The van der Waals surface area contributed by atoms with E-state index >= 15 is 0 Å². The van der Waals surface area contributed by atoms with Crippen LogP contribution in [0.4, 0.5) is 0 Å². The summed E-state index contributed by atoms with van der Waals surface area (Å²) in [7, 11) is 0. The van der Waals surface area contributed by atoms with Crippen LogP contribution in [0.1, 0.15) is 5.56 Å². The molecule has 0 aliphatic rings. The van der Waals surface area contributed by atoms with Crippen LogP contribution in [0.15, 0.2) is 42.6 Å². The van der Waals surface area contributed by atoms with Gasteiger partial charge in [0.2, 0.25) is 0 Å². The fourth-order valence-electron chi connectivity index (χ4n) is 2.01. The number of H-pyrrole nitrogens is 1. The van der Waals surface area contributed by atoms with Crippen LogP contribution < -0.4 is 0 Å². The van der Waals surface area contributed by atoms with E-state index in [-0.39, 0.29) is 0 Å². The molecule has 3 rings (SSSR count). The number of hydrogen-bond donors (Lipinski definition) is 1. The Morgan fingerprint density at radius 2 is 1.79 bits per heavy atom. The number of benzene rings is 2. The van der Waals surface area contributed by atoms with Crippen LogP contribution in [0.2, 0.25) is 0 Å². The van der Waals surface area contributed by atoms with Crippen molar-refractivity contribution in [3.63, 3.8) is 0 Å². The highest BCUT2D eigenvalue weighted by atomic mass is 14.7. The third-order valence-corrected chi connectivity index (χ3v) is 2.79. The first-order valence-corrected chi connectivity index (χ1v) is 4.82. The van der Waals surface area contributed by atoms with Crippen LogP contribution in [0, 0.1) is 6.92 Å². The van der Waals surface area contributed by atoms with Gasteiger partial charge in [0.05, 0.1) is 5.52 Å². The number of aromatic amines is 1. The minimum atomic E-state index is 1.25. The number of rotatable bonds is 0. The molecule has 0 amide bonds. The molecule has 1 aromatic heterocycles. The van der Waals surface area contributed by atoms with Gasteiger partial charge < -0.3 is 4.98 Å². The second kappa shape index (κ2) is 2.61. The Morgan fingerprint density at radius 1 is 0.929 bits per heavy atom. The maximum atomic E-state index is 3.33. The lowest BCUT2D eigenvalue weighted by molar-refractivity contribution is 1.43. The highest BCUT2D eigenvalue weighted by Gasteiger charge is 2.02. The largest absolute Gasteiger partial charge is 0.360 e. The Hall–Kier alpha value is -1.76. The molecule has 68 valence electrons. The second-order valence-electron chi connectivity index (χ2n) is 3.68.